The van der Waals surface area contributed by atoms with E-state index in [1.54, 1.807) is 6.08 Å². The van der Waals surface area contributed by atoms with Crippen LogP contribution in [0, 0.1) is 0 Å². The van der Waals surface area contributed by atoms with Crippen LogP contribution in [-0.4, -0.2) is 73.4 Å². The molecule has 0 aromatic carbocycles. The Kier molecular flexibility index (Phi) is 58.4. The molecule has 0 rings (SSSR count). The SMILES string of the molecule is CC/C=C\C/C=C\C/C=C\C/C=C\CCCCCCCCCCCCCCCCCCC(=O)NC(COP(=O)(O)OCC[N+](C)(C)C)C(O)/C=C/CCCCCCCCCCCCCCCCCCCCCCCCCCC. The van der Waals surface area contributed by atoms with Crippen molar-refractivity contribution in [1.29, 1.82) is 0 Å². The van der Waals surface area contributed by atoms with E-state index in [-0.39, 0.29) is 19.1 Å². The maximum Gasteiger partial charge on any atom is 0.472 e. The summed E-state index contributed by atoms with van der Waals surface area (Å²) < 4.78 is 23.8. The number of carbonyl (C=O) groups is 1. The number of aliphatic hydroxyl groups excluding tert-OH is 1. The summed E-state index contributed by atoms with van der Waals surface area (Å²) in [5.74, 6) is -0.173. The van der Waals surface area contributed by atoms with Crippen LogP contribution < -0.4 is 5.32 Å². The minimum absolute atomic E-state index is 0.0615. The molecule has 3 N–H and O–H groups in total. The highest BCUT2D eigenvalue weighted by Crippen LogP contribution is 2.43. The highest BCUT2D eigenvalue weighted by Gasteiger charge is 2.28. The fraction of sp³-hybridized carbons (Fsp3) is 0.841. The van der Waals surface area contributed by atoms with Gasteiger partial charge in [-0.25, -0.2) is 4.57 Å². The zero-order valence-corrected chi connectivity index (χ0v) is 53.3. The Labute approximate surface area is 485 Å². The van der Waals surface area contributed by atoms with Crippen molar-refractivity contribution >= 4 is 13.7 Å². The second-order valence-corrected chi connectivity index (χ2v) is 25.6. The Morgan fingerprint density at radius 1 is 0.449 bits per heavy atom. The third-order valence-electron chi connectivity index (χ3n) is 15.2. The van der Waals surface area contributed by atoms with Crippen molar-refractivity contribution < 1.29 is 32.9 Å². The van der Waals surface area contributed by atoms with Crippen molar-refractivity contribution in [2.45, 2.75) is 334 Å². The number of nitrogens with one attached hydrogen (secondary N) is 1. The number of carbonyl (C=O) groups excluding carboxylic acids is 1. The number of phosphoric acid groups is 1. The number of allylic oxidation sites excluding steroid dienone is 9. The molecule has 0 aliphatic carbocycles. The molecule has 8 nitrogen and oxygen atoms in total. The quantitative estimate of drug-likeness (QED) is 0.0243. The lowest BCUT2D eigenvalue weighted by molar-refractivity contribution is -0.870. The van der Waals surface area contributed by atoms with Crippen LogP contribution in [0.4, 0.5) is 0 Å². The largest absolute Gasteiger partial charge is 0.472 e. The van der Waals surface area contributed by atoms with E-state index in [2.05, 4.69) is 67.8 Å². The molecular weight excluding hydrogens is 984 g/mol. The number of unbranched alkanes of at least 4 members (excludes halogenated alkanes) is 41. The lowest BCUT2D eigenvalue weighted by Gasteiger charge is -2.25. The Hall–Kier alpha value is -1.80. The standard InChI is InChI=1S/C69H131N2O6P/c1-6-8-10-12-14-16-18-20-22-24-26-28-30-32-34-35-37-39-41-43-45-47-49-51-53-55-57-59-61-63-69(73)70-67(66-77-78(74,75)76-65-64-71(3,4)5)68(72)62-60-58-56-54-52-50-48-46-44-42-40-38-36-33-31-29-27-25-23-21-19-17-15-13-11-9-7-2/h8,10,14,16,20,22,26,28,60,62,67-68,72H,6-7,9,11-13,15,17-19,21,23-25,27,29-59,61,63-66H2,1-5H3,(H-,70,73,74,75)/p+1/b10-8-,16-14-,22-20-,28-26-,62-60+. The van der Waals surface area contributed by atoms with Gasteiger partial charge in [-0.1, -0.05) is 319 Å². The molecule has 1 amide bonds. The van der Waals surface area contributed by atoms with Crippen LogP contribution in [0.5, 0.6) is 0 Å². The van der Waals surface area contributed by atoms with Gasteiger partial charge in [-0.3, -0.25) is 13.8 Å². The first-order valence-corrected chi connectivity index (χ1v) is 35.2. The molecule has 0 aliphatic rings. The average Bonchev–Trinajstić information content (AvgIpc) is 3.41. The number of hydrogen-bond donors (Lipinski definition) is 3. The molecule has 458 valence electrons. The summed E-state index contributed by atoms with van der Waals surface area (Å²) in [5.41, 5.74) is 0. The number of nitrogens with zero attached hydrogens (tertiary/aromatic N) is 1. The normalized spacial score (nSPS) is 14.1. The van der Waals surface area contributed by atoms with Gasteiger partial charge in [-0.05, 0) is 57.8 Å². The molecule has 0 aromatic rings. The second-order valence-electron chi connectivity index (χ2n) is 24.2. The van der Waals surface area contributed by atoms with E-state index in [1.807, 2.05) is 27.2 Å². The smallest absolute Gasteiger partial charge is 0.387 e. The van der Waals surface area contributed by atoms with E-state index in [9.17, 15) is 19.4 Å². The van der Waals surface area contributed by atoms with Gasteiger partial charge in [0, 0.05) is 6.42 Å². The highest BCUT2D eigenvalue weighted by molar-refractivity contribution is 7.47. The van der Waals surface area contributed by atoms with Crippen molar-refractivity contribution in [2.24, 2.45) is 0 Å². The fourth-order valence-electron chi connectivity index (χ4n) is 10.0. The van der Waals surface area contributed by atoms with E-state index in [1.165, 1.54) is 238 Å². The lowest BCUT2D eigenvalue weighted by atomic mass is 10.0. The number of aliphatic hydroxyl groups is 1. The first-order chi connectivity index (χ1) is 38.0. The van der Waals surface area contributed by atoms with Crippen molar-refractivity contribution in [1.82, 2.24) is 5.32 Å². The van der Waals surface area contributed by atoms with E-state index >= 15 is 0 Å². The summed E-state index contributed by atoms with van der Waals surface area (Å²) in [6.45, 7) is 4.75. The minimum Gasteiger partial charge on any atom is -0.387 e. The molecule has 0 aromatic heterocycles. The topological polar surface area (TPSA) is 105 Å². The van der Waals surface area contributed by atoms with Gasteiger partial charge in [-0.2, -0.15) is 0 Å². The molecule has 3 unspecified atom stereocenters. The first kappa shape index (κ1) is 76.2. The van der Waals surface area contributed by atoms with Crippen LogP contribution >= 0.6 is 7.82 Å². The van der Waals surface area contributed by atoms with Crippen LogP contribution in [0.15, 0.2) is 60.8 Å². The molecular formula is C69H132N2O6P+. The Morgan fingerprint density at radius 3 is 1.13 bits per heavy atom. The molecule has 78 heavy (non-hydrogen) atoms. The van der Waals surface area contributed by atoms with Crippen LogP contribution in [0.25, 0.3) is 0 Å². The van der Waals surface area contributed by atoms with Gasteiger partial charge < -0.3 is 19.8 Å². The maximum absolute atomic E-state index is 13.0. The van der Waals surface area contributed by atoms with Gasteiger partial charge in [0.1, 0.15) is 13.2 Å². The van der Waals surface area contributed by atoms with Crippen molar-refractivity contribution in [2.75, 3.05) is 40.9 Å². The molecule has 0 spiro atoms. The van der Waals surface area contributed by atoms with Gasteiger partial charge in [0.05, 0.1) is 39.9 Å². The van der Waals surface area contributed by atoms with Gasteiger partial charge in [0.25, 0.3) is 0 Å². The van der Waals surface area contributed by atoms with Crippen molar-refractivity contribution in [3.8, 4) is 0 Å². The van der Waals surface area contributed by atoms with Crippen LogP contribution in [0.2, 0.25) is 0 Å². The molecule has 0 radical (unpaired) electrons. The maximum atomic E-state index is 13.0. The van der Waals surface area contributed by atoms with Gasteiger partial charge >= 0.3 is 7.82 Å². The number of hydrogen-bond acceptors (Lipinski definition) is 5. The zero-order valence-electron chi connectivity index (χ0n) is 52.4. The number of amides is 1. The Morgan fingerprint density at radius 2 is 0.769 bits per heavy atom. The van der Waals surface area contributed by atoms with E-state index < -0.39 is 20.0 Å². The molecule has 0 bridgehead atoms. The summed E-state index contributed by atoms with van der Waals surface area (Å²) in [6.07, 6.45) is 82.1. The summed E-state index contributed by atoms with van der Waals surface area (Å²) in [7, 11) is 1.58. The number of phosphoric ester groups is 1. The molecule has 0 aliphatic heterocycles. The summed E-state index contributed by atoms with van der Waals surface area (Å²) in [6, 6.07) is -0.849. The molecule has 0 fully saturated rings. The fourth-order valence-corrected chi connectivity index (χ4v) is 10.8. The van der Waals surface area contributed by atoms with Crippen molar-refractivity contribution in [3.63, 3.8) is 0 Å². The monoisotopic (exact) mass is 1120 g/mol. The van der Waals surface area contributed by atoms with E-state index in [0.29, 0.717) is 17.4 Å². The second kappa shape index (κ2) is 59.8. The predicted molar refractivity (Wildman–Crippen MR) is 341 cm³/mol. The molecule has 0 heterocycles. The number of quaternary nitrogens is 1. The average molecular weight is 1120 g/mol. The van der Waals surface area contributed by atoms with E-state index in [0.717, 1.165) is 64.2 Å². The predicted octanol–water partition coefficient (Wildman–Crippen LogP) is 21.2. The molecule has 0 saturated heterocycles. The minimum atomic E-state index is -4.35. The third kappa shape index (κ3) is 61.8. The van der Waals surface area contributed by atoms with Gasteiger partial charge in [0.15, 0.2) is 0 Å². The van der Waals surface area contributed by atoms with Crippen molar-refractivity contribution in [3.05, 3.63) is 60.8 Å². The lowest BCUT2D eigenvalue weighted by Crippen LogP contribution is -2.45. The number of rotatable bonds is 62. The van der Waals surface area contributed by atoms with Gasteiger partial charge in [-0.15, -0.1) is 0 Å². The first-order valence-electron chi connectivity index (χ1n) is 33.7. The Balaban J connectivity index is 4.09. The summed E-state index contributed by atoms with van der Waals surface area (Å²) >= 11 is 0. The molecule has 3 atom stereocenters. The third-order valence-corrected chi connectivity index (χ3v) is 16.2. The van der Waals surface area contributed by atoms with Crippen LogP contribution in [0.1, 0.15) is 322 Å². The van der Waals surface area contributed by atoms with Crippen LogP contribution in [0.3, 0.4) is 0 Å². The zero-order chi connectivity index (χ0) is 57.0. The number of likely N-dealkylation sites (N-methyl/N-ethyl adjacent to an activating group) is 1. The summed E-state index contributed by atoms with van der Waals surface area (Å²) in [4.78, 5) is 23.4. The van der Waals surface area contributed by atoms with Crippen LogP contribution in [-0.2, 0) is 18.4 Å². The highest BCUT2D eigenvalue weighted by atomic mass is 31.2. The molecule has 9 heteroatoms. The van der Waals surface area contributed by atoms with Gasteiger partial charge in [0.2, 0.25) is 5.91 Å². The summed E-state index contributed by atoms with van der Waals surface area (Å²) in [5, 5.41) is 14.0. The van der Waals surface area contributed by atoms with E-state index in [4.69, 9.17) is 9.05 Å². The Bertz CT molecular complexity index is 1450. The molecule has 0 saturated carbocycles.